The van der Waals surface area contributed by atoms with Crippen molar-refractivity contribution >= 4 is 28.3 Å². The third kappa shape index (κ3) is 3.02. The van der Waals surface area contributed by atoms with Crippen LogP contribution in [0.25, 0.3) is 0 Å². The molecule has 0 saturated carbocycles. The third-order valence-electron chi connectivity index (χ3n) is 1.59. The number of rotatable bonds is 4. The van der Waals surface area contributed by atoms with Crippen LogP contribution in [-0.2, 0) is 0 Å². The van der Waals surface area contributed by atoms with E-state index in [1.165, 1.54) is 13.2 Å². The van der Waals surface area contributed by atoms with Crippen LogP contribution < -0.4 is 10.1 Å². The van der Waals surface area contributed by atoms with Gasteiger partial charge in [0.1, 0.15) is 11.6 Å². The predicted octanol–water partition coefficient (Wildman–Crippen LogP) is 2.68. The van der Waals surface area contributed by atoms with Gasteiger partial charge in [0, 0.05) is 17.0 Å². The van der Waals surface area contributed by atoms with Crippen molar-refractivity contribution in [3.8, 4) is 5.75 Å². The fraction of sp³-hybridized carbons (Fsp3) is 0.333. The Morgan fingerprint density at radius 2 is 2.31 bits per heavy atom. The summed E-state index contributed by atoms with van der Waals surface area (Å²) in [6.45, 7) is 0.768. The van der Waals surface area contributed by atoms with E-state index in [0.29, 0.717) is 11.4 Å². The second-order valence-corrected chi connectivity index (χ2v) is 3.54. The molecule has 0 heterocycles. The summed E-state index contributed by atoms with van der Waals surface area (Å²) in [4.78, 5) is 0. The summed E-state index contributed by atoms with van der Waals surface area (Å²) >= 11 is 2.23. The molecule has 4 heteroatoms. The highest BCUT2D eigenvalue weighted by molar-refractivity contribution is 14.1. The van der Waals surface area contributed by atoms with Crippen molar-refractivity contribution in [1.82, 2.24) is 0 Å². The van der Waals surface area contributed by atoms with Crippen LogP contribution in [0.2, 0.25) is 0 Å². The van der Waals surface area contributed by atoms with Crippen molar-refractivity contribution in [3.05, 3.63) is 24.0 Å². The molecule has 0 aromatic heterocycles. The van der Waals surface area contributed by atoms with Crippen molar-refractivity contribution in [3.63, 3.8) is 0 Å². The van der Waals surface area contributed by atoms with Crippen LogP contribution >= 0.6 is 22.6 Å². The molecular weight excluding hydrogens is 284 g/mol. The fourth-order valence-electron chi connectivity index (χ4n) is 0.948. The van der Waals surface area contributed by atoms with Gasteiger partial charge in [0.2, 0.25) is 0 Å². The Balaban J connectivity index is 2.73. The largest absolute Gasteiger partial charge is 0.497 e. The molecule has 0 bridgehead atoms. The van der Waals surface area contributed by atoms with Crippen molar-refractivity contribution in [2.75, 3.05) is 23.4 Å². The minimum atomic E-state index is -0.274. The first-order chi connectivity index (χ1) is 6.27. The van der Waals surface area contributed by atoms with Crippen molar-refractivity contribution in [1.29, 1.82) is 0 Å². The van der Waals surface area contributed by atoms with E-state index in [4.69, 9.17) is 4.74 Å². The average molecular weight is 295 g/mol. The fourth-order valence-corrected chi connectivity index (χ4v) is 1.22. The highest BCUT2D eigenvalue weighted by Gasteiger charge is 2.01. The van der Waals surface area contributed by atoms with E-state index in [-0.39, 0.29) is 5.82 Å². The van der Waals surface area contributed by atoms with Gasteiger partial charge in [0.05, 0.1) is 12.8 Å². The maximum Gasteiger partial charge on any atom is 0.149 e. The Bertz CT molecular complexity index is 280. The zero-order valence-electron chi connectivity index (χ0n) is 7.31. The molecule has 72 valence electrons. The van der Waals surface area contributed by atoms with E-state index in [1.54, 1.807) is 12.1 Å². The molecule has 0 fully saturated rings. The summed E-state index contributed by atoms with van der Waals surface area (Å²) in [6.07, 6.45) is 0. The zero-order chi connectivity index (χ0) is 9.68. The number of nitrogens with one attached hydrogen (secondary N) is 1. The molecule has 1 N–H and O–H groups in total. The number of halogens is 2. The van der Waals surface area contributed by atoms with Gasteiger partial charge in [-0.15, -0.1) is 0 Å². The van der Waals surface area contributed by atoms with Gasteiger partial charge >= 0.3 is 0 Å². The quantitative estimate of drug-likeness (QED) is 0.681. The highest BCUT2D eigenvalue weighted by atomic mass is 127. The molecule has 0 unspecified atom stereocenters. The predicted molar refractivity (Wildman–Crippen MR) is 60.3 cm³/mol. The molecule has 2 nitrogen and oxygen atoms in total. The summed E-state index contributed by atoms with van der Waals surface area (Å²) in [5.74, 6) is 0.265. The number of anilines is 1. The SMILES string of the molecule is COc1ccc(NCCI)c(F)c1. The highest BCUT2D eigenvalue weighted by Crippen LogP contribution is 2.19. The average Bonchev–Trinajstić information content (AvgIpc) is 2.16. The maximum atomic E-state index is 13.2. The lowest BCUT2D eigenvalue weighted by molar-refractivity contribution is 0.411. The number of benzene rings is 1. The van der Waals surface area contributed by atoms with Crippen molar-refractivity contribution in [2.24, 2.45) is 0 Å². The number of methoxy groups -OCH3 is 1. The van der Waals surface area contributed by atoms with Crippen molar-refractivity contribution < 1.29 is 9.13 Å². The molecule has 0 amide bonds. The molecule has 0 radical (unpaired) electrons. The van der Waals surface area contributed by atoms with Gasteiger partial charge < -0.3 is 10.1 Å². The number of alkyl halides is 1. The van der Waals surface area contributed by atoms with Crippen LogP contribution in [0.3, 0.4) is 0 Å². The van der Waals surface area contributed by atoms with E-state index in [0.717, 1.165) is 11.0 Å². The van der Waals surface area contributed by atoms with E-state index in [1.807, 2.05) is 0 Å². The lowest BCUT2D eigenvalue weighted by atomic mass is 10.3. The van der Waals surface area contributed by atoms with E-state index in [2.05, 4.69) is 27.9 Å². The second kappa shape index (κ2) is 5.26. The normalized spacial score (nSPS) is 9.77. The molecule has 13 heavy (non-hydrogen) atoms. The Labute approximate surface area is 90.6 Å². The monoisotopic (exact) mass is 295 g/mol. The number of ether oxygens (including phenoxy) is 1. The Hall–Kier alpha value is -0.520. The second-order valence-electron chi connectivity index (χ2n) is 2.46. The van der Waals surface area contributed by atoms with Crippen LogP contribution in [0.5, 0.6) is 5.75 Å². The van der Waals surface area contributed by atoms with Gasteiger partial charge in [-0.25, -0.2) is 4.39 Å². The molecular formula is C9H11FINO. The third-order valence-corrected chi connectivity index (χ3v) is 2.13. The van der Waals surface area contributed by atoms with Crippen LogP contribution in [-0.4, -0.2) is 18.1 Å². The molecule has 0 aliphatic carbocycles. The number of hydrogen-bond acceptors (Lipinski definition) is 2. The van der Waals surface area contributed by atoms with Gasteiger partial charge in [-0.3, -0.25) is 0 Å². The van der Waals surface area contributed by atoms with Gasteiger partial charge in [-0.05, 0) is 12.1 Å². The van der Waals surface area contributed by atoms with Gasteiger partial charge in [0.25, 0.3) is 0 Å². The first-order valence-corrected chi connectivity index (χ1v) is 5.44. The van der Waals surface area contributed by atoms with Gasteiger partial charge in [-0.1, -0.05) is 22.6 Å². The van der Waals surface area contributed by atoms with E-state index in [9.17, 15) is 4.39 Å². The summed E-state index contributed by atoms with van der Waals surface area (Å²) in [5, 5.41) is 2.98. The molecule has 0 atom stereocenters. The molecule has 1 aromatic rings. The first kappa shape index (κ1) is 10.6. The molecule has 1 aromatic carbocycles. The minimum absolute atomic E-state index is 0.274. The first-order valence-electron chi connectivity index (χ1n) is 3.91. The minimum Gasteiger partial charge on any atom is -0.497 e. The van der Waals surface area contributed by atoms with Crippen LogP contribution in [0.15, 0.2) is 18.2 Å². The molecule has 0 saturated heterocycles. The van der Waals surface area contributed by atoms with Crippen LogP contribution in [0, 0.1) is 5.82 Å². The summed E-state index contributed by atoms with van der Waals surface area (Å²) in [7, 11) is 1.52. The Kier molecular flexibility index (Phi) is 4.27. The standard InChI is InChI=1S/C9H11FINO/c1-13-7-2-3-9(8(10)6-7)12-5-4-11/h2-3,6,12H,4-5H2,1H3. The van der Waals surface area contributed by atoms with E-state index >= 15 is 0 Å². The zero-order valence-corrected chi connectivity index (χ0v) is 9.47. The maximum absolute atomic E-state index is 13.2. The smallest absolute Gasteiger partial charge is 0.149 e. The summed E-state index contributed by atoms with van der Waals surface area (Å²) in [6, 6.07) is 4.79. The summed E-state index contributed by atoms with van der Waals surface area (Å²) in [5.41, 5.74) is 0.525. The van der Waals surface area contributed by atoms with Gasteiger partial charge in [-0.2, -0.15) is 0 Å². The lowest BCUT2D eigenvalue weighted by Gasteiger charge is -2.06. The molecule has 0 spiro atoms. The summed E-state index contributed by atoms with van der Waals surface area (Å²) < 4.78 is 19.0. The van der Waals surface area contributed by atoms with E-state index < -0.39 is 0 Å². The van der Waals surface area contributed by atoms with Crippen LogP contribution in [0.4, 0.5) is 10.1 Å². The molecule has 0 aliphatic rings. The molecule has 0 aliphatic heterocycles. The topological polar surface area (TPSA) is 21.3 Å². The van der Waals surface area contributed by atoms with Crippen molar-refractivity contribution in [2.45, 2.75) is 0 Å². The lowest BCUT2D eigenvalue weighted by Crippen LogP contribution is -2.03. The Morgan fingerprint density at radius 1 is 1.54 bits per heavy atom. The van der Waals surface area contributed by atoms with Crippen LogP contribution in [0.1, 0.15) is 0 Å². The Morgan fingerprint density at radius 3 is 2.85 bits per heavy atom. The van der Waals surface area contributed by atoms with Gasteiger partial charge in [0.15, 0.2) is 0 Å². The number of hydrogen-bond donors (Lipinski definition) is 1. The molecule has 1 rings (SSSR count).